The second kappa shape index (κ2) is 10.0. The molecule has 0 atom stereocenters. The molecule has 0 aromatic carbocycles. The molecular weight excluding hydrogens is 234 g/mol. The van der Waals surface area contributed by atoms with Crippen LogP contribution in [-0.2, 0) is 13.1 Å². The second-order valence-corrected chi connectivity index (χ2v) is 5.85. The first kappa shape index (κ1) is 16.2. The molecule has 0 saturated carbocycles. The third-order valence-electron chi connectivity index (χ3n) is 3.45. The second-order valence-electron chi connectivity index (χ2n) is 5.85. The number of hydrogen-bond donors (Lipinski definition) is 1. The molecule has 0 aliphatic heterocycles. The van der Waals surface area contributed by atoms with Crippen molar-refractivity contribution in [2.24, 2.45) is 5.92 Å². The molecule has 0 fully saturated rings. The maximum atomic E-state index is 4.22. The number of aromatic nitrogens is 2. The van der Waals surface area contributed by atoms with Gasteiger partial charge in [0.25, 0.3) is 0 Å². The predicted octanol–water partition coefficient (Wildman–Crippen LogP) is 3.99. The molecule has 3 heteroatoms. The minimum absolute atomic E-state index is 0.858. The molecular formula is C16H31N3. The standard InChI is InChI=1S/C16H31N3/c1-4-11-19-14-18-13-16(19)12-17-10-8-6-5-7-9-15(2)3/h13-15,17H,4-12H2,1-3H3. The molecule has 0 saturated heterocycles. The summed E-state index contributed by atoms with van der Waals surface area (Å²) >= 11 is 0. The van der Waals surface area contributed by atoms with Gasteiger partial charge in [0, 0.05) is 19.3 Å². The molecule has 1 heterocycles. The number of imidazole rings is 1. The van der Waals surface area contributed by atoms with Crippen molar-refractivity contribution in [2.45, 2.75) is 72.4 Å². The fourth-order valence-corrected chi connectivity index (χ4v) is 2.31. The lowest BCUT2D eigenvalue weighted by Crippen LogP contribution is -2.17. The van der Waals surface area contributed by atoms with Crippen molar-refractivity contribution in [3.63, 3.8) is 0 Å². The molecule has 0 aliphatic carbocycles. The molecule has 0 amide bonds. The Balaban J connectivity index is 2.00. The van der Waals surface area contributed by atoms with Gasteiger partial charge in [-0.15, -0.1) is 0 Å². The monoisotopic (exact) mass is 265 g/mol. The van der Waals surface area contributed by atoms with Crippen molar-refractivity contribution in [1.29, 1.82) is 0 Å². The number of hydrogen-bond acceptors (Lipinski definition) is 2. The minimum Gasteiger partial charge on any atom is -0.333 e. The molecule has 1 rings (SSSR count). The third kappa shape index (κ3) is 7.36. The van der Waals surface area contributed by atoms with Crippen LogP contribution in [0.15, 0.2) is 12.5 Å². The van der Waals surface area contributed by atoms with Crippen molar-refractivity contribution < 1.29 is 0 Å². The number of rotatable bonds is 11. The van der Waals surface area contributed by atoms with E-state index >= 15 is 0 Å². The minimum atomic E-state index is 0.858. The van der Waals surface area contributed by atoms with E-state index in [1.807, 2.05) is 12.5 Å². The van der Waals surface area contributed by atoms with Crippen molar-refractivity contribution in [2.75, 3.05) is 6.54 Å². The van der Waals surface area contributed by atoms with Gasteiger partial charge in [-0.05, 0) is 25.3 Å². The van der Waals surface area contributed by atoms with Gasteiger partial charge in [0.05, 0.1) is 12.0 Å². The number of unbranched alkanes of at least 4 members (excludes halogenated alkanes) is 3. The van der Waals surface area contributed by atoms with Gasteiger partial charge in [-0.2, -0.15) is 0 Å². The summed E-state index contributed by atoms with van der Waals surface area (Å²) in [6, 6.07) is 0. The number of nitrogens with zero attached hydrogens (tertiary/aromatic N) is 2. The van der Waals surface area contributed by atoms with E-state index in [0.717, 1.165) is 25.6 Å². The molecule has 1 N–H and O–H groups in total. The van der Waals surface area contributed by atoms with E-state index < -0.39 is 0 Å². The third-order valence-corrected chi connectivity index (χ3v) is 3.45. The quantitative estimate of drug-likeness (QED) is 0.613. The first-order valence-corrected chi connectivity index (χ1v) is 7.93. The largest absolute Gasteiger partial charge is 0.333 e. The van der Waals surface area contributed by atoms with Crippen LogP contribution in [0.1, 0.15) is 65.0 Å². The van der Waals surface area contributed by atoms with Gasteiger partial charge < -0.3 is 9.88 Å². The Morgan fingerprint density at radius 1 is 1.21 bits per heavy atom. The fourth-order valence-electron chi connectivity index (χ4n) is 2.31. The normalized spacial score (nSPS) is 11.4. The number of nitrogens with one attached hydrogen (secondary N) is 1. The summed E-state index contributed by atoms with van der Waals surface area (Å²) in [5.41, 5.74) is 1.31. The van der Waals surface area contributed by atoms with Gasteiger partial charge in [0.2, 0.25) is 0 Å². The zero-order chi connectivity index (χ0) is 13.9. The van der Waals surface area contributed by atoms with E-state index in [4.69, 9.17) is 0 Å². The van der Waals surface area contributed by atoms with Crippen molar-refractivity contribution in [3.8, 4) is 0 Å². The Morgan fingerprint density at radius 2 is 2.00 bits per heavy atom. The van der Waals surface area contributed by atoms with Crippen LogP contribution in [0.5, 0.6) is 0 Å². The van der Waals surface area contributed by atoms with Crippen LogP contribution < -0.4 is 5.32 Å². The highest BCUT2D eigenvalue weighted by molar-refractivity contribution is 4.97. The highest BCUT2D eigenvalue weighted by atomic mass is 15.1. The molecule has 0 aliphatic rings. The summed E-state index contributed by atoms with van der Waals surface area (Å²) in [7, 11) is 0. The van der Waals surface area contributed by atoms with E-state index in [1.54, 1.807) is 0 Å². The molecule has 0 radical (unpaired) electrons. The topological polar surface area (TPSA) is 29.9 Å². The van der Waals surface area contributed by atoms with Crippen LogP contribution >= 0.6 is 0 Å². The smallest absolute Gasteiger partial charge is 0.0948 e. The molecule has 0 spiro atoms. The van der Waals surface area contributed by atoms with Gasteiger partial charge >= 0.3 is 0 Å². The van der Waals surface area contributed by atoms with E-state index in [2.05, 4.69) is 35.6 Å². The van der Waals surface area contributed by atoms with E-state index in [0.29, 0.717) is 0 Å². The Bertz CT molecular complexity index is 318. The Morgan fingerprint density at radius 3 is 2.74 bits per heavy atom. The average Bonchev–Trinajstić information content (AvgIpc) is 2.80. The summed E-state index contributed by atoms with van der Waals surface area (Å²) < 4.78 is 2.25. The van der Waals surface area contributed by atoms with E-state index in [1.165, 1.54) is 44.2 Å². The van der Waals surface area contributed by atoms with Crippen LogP contribution in [-0.4, -0.2) is 16.1 Å². The molecule has 1 aromatic rings. The van der Waals surface area contributed by atoms with E-state index in [9.17, 15) is 0 Å². The highest BCUT2D eigenvalue weighted by Gasteiger charge is 2.00. The summed E-state index contributed by atoms with van der Waals surface area (Å²) in [6.45, 7) is 9.97. The van der Waals surface area contributed by atoms with Gasteiger partial charge in [0.1, 0.15) is 0 Å². The maximum Gasteiger partial charge on any atom is 0.0948 e. The zero-order valence-corrected chi connectivity index (χ0v) is 13.0. The molecule has 0 bridgehead atoms. The Kier molecular flexibility index (Phi) is 8.55. The summed E-state index contributed by atoms with van der Waals surface area (Å²) in [5, 5.41) is 3.53. The van der Waals surface area contributed by atoms with Crippen LogP contribution in [0.2, 0.25) is 0 Å². The zero-order valence-electron chi connectivity index (χ0n) is 13.0. The van der Waals surface area contributed by atoms with Gasteiger partial charge in [-0.25, -0.2) is 4.98 Å². The lowest BCUT2D eigenvalue weighted by Gasteiger charge is -2.08. The molecule has 19 heavy (non-hydrogen) atoms. The molecule has 1 aromatic heterocycles. The van der Waals surface area contributed by atoms with Gasteiger partial charge in [-0.1, -0.05) is 46.5 Å². The van der Waals surface area contributed by atoms with E-state index in [-0.39, 0.29) is 0 Å². The molecule has 0 unspecified atom stereocenters. The van der Waals surface area contributed by atoms with Gasteiger partial charge in [0.15, 0.2) is 0 Å². The lowest BCUT2D eigenvalue weighted by molar-refractivity contribution is 0.509. The predicted molar refractivity (Wildman–Crippen MR) is 82.1 cm³/mol. The lowest BCUT2D eigenvalue weighted by atomic mass is 10.0. The summed E-state index contributed by atoms with van der Waals surface area (Å²) in [4.78, 5) is 4.22. The van der Waals surface area contributed by atoms with Crippen LogP contribution in [0, 0.1) is 5.92 Å². The Labute approximate surface area is 118 Å². The molecule has 110 valence electrons. The first-order chi connectivity index (χ1) is 9.24. The maximum absolute atomic E-state index is 4.22. The van der Waals surface area contributed by atoms with Crippen molar-refractivity contribution >= 4 is 0 Å². The SMILES string of the molecule is CCCn1cncc1CNCCCCCCC(C)C. The fraction of sp³-hybridized carbons (Fsp3) is 0.812. The van der Waals surface area contributed by atoms with Crippen LogP contribution in [0.25, 0.3) is 0 Å². The summed E-state index contributed by atoms with van der Waals surface area (Å²) in [6.07, 6.45) is 11.9. The first-order valence-electron chi connectivity index (χ1n) is 7.93. The van der Waals surface area contributed by atoms with Crippen LogP contribution in [0.3, 0.4) is 0 Å². The summed E-state index contributed by atoms with van der Waals surface area (Å²) in [5.74, 6) is 0.858. The van der Waals surface area contributed by atoms with Crippen LogP contribution in [0.4, 0.5) is 0 Å². The molecule has 3 nitrogen and oxygen atoms in total. The average molecular weight is 265 g/mol. The Hall–Kier alpha value is -0.830. The highest BCUT2D eigenvalue weighted by Crippen LogP contribution is 2.09. The van der Waals surface area contributed by atoms with Crippen molar-refractivity contribution in [1.82, 2.24) is 14.9 Å². The van der Waals surface area contributed by atoms with Crippen molar-refractivity contribution in [3.05, 3.63) is 18.2 Å². The van der Waals surface area contributed by atoms with Gasteiger partial charge in [-0.3, -0.25) is 0 Å². The number of aryl methyl sites for hydroxylation is 1.